The van der Waals surface area contributed by atoms with Crippen LogP contribution in [0.1, 0.15) is 15.9 Å². The molecule has 1 rings (SSSR count). The lowest BCUT2D eigenvalue weighted by atomic mass is 10.1. The number of esters is 1. The molecule has 0 aliphatic rings. The molecule has 2 N–H and O–H groups in total. The van der Waals surface area contributed by atoms with Crippen LogP contribution in [0.4, 0.5) is 10.5 Å². The third-order valence-corrected chi connectivity index (χ3v) is 3.29. The summed E-state index contributed by atoms with van der Waals surface area (Å²) in [5, 5.41) is 2.50. The smallest absolute Gasteiger partial charge is 0.411 e. The normalized spacial score (nSPS) is 10.7. The largest absolute Gasteiger partial charge is 0.461 e. The van der Waals surface area contributed by atoms with Gasteiger partial charge in [-0.1, -0.05) is 12.7 Å². The molecule has 1 aromatic rings. The van der Waals surface area contributed by atoms with Gasteiger partial charge in [-0.25, -0.2) is 9.59 Å². The zero-order chi connectivity index (χ0) is 17.5. The maximum Gasteiger partial charge on any atom is 0.411 e. The lowest BCUT2D eigenvalue weighted by molar-refractivity contribution is 0.0528. The quantitative estimate of drug-likeness (QED) is 0.440. The molecular weight excluding hydrogens is 326 g/mol. The Morgan fingerprint density at radius 3 is 2.61 bits per heavy atom. The zero-order valence-electron chi connectivity index (χ0n) is 12.4. The molecular formula is C14H17NO7S. The number of aryl methyl sites for hydroxylation is 1. The summed E-state index contributed by atoms with van der Waals surface area (Å²) in [6.07, 6.45) is 0.773. The van der Waals surface area contributed by atoms with Crippen LogP contribution in [-0.2, 0) is 19.6 Å². The van der Waals surface area contributed by atoms with Crippen LogP contribution in [0.2, 0.25) is 0 Å². The Kier molecular flexibility index (Phi) is 6.73. The predicted molar refractivity (Wildman–Crippen MR) is 83.0 cm³/mol. The Labute approximate surface area is 133 Å². The third-order valence-electron chi connectivity index (χ3n) is 2.61. The summed E-state index contributed by atoms with van der Waals surface area (Å²) in [7, 11) is -4.18. The number of hydrogen-bond acceptors (Lipinski definition) is 6. The van der Waals surface area contributed by atoms with Crippen molar-refractivity contribution in [2.45, 2.75) is 6.92 Å². The molecule has 0 spiro atoms. The fourth-order valence-electron chi connectivity index (χ4n) is 1.53. The minimum absolute atomic E-state index is 0.0725. The molecule has 0 saturated heterocycles. The monoisotopic (exact) mass is 343 g/mol. The van der Waals surface area contributed by atoms with Crippen molar-refractivity contribution in [1.82, 2.24) is 0 Å². The van der Waals surface area contributed by atoms with Crippen LogP contribution < -0.4 is 5.32 Å². The second kappa shape index (κ2) is 8.30. The van der Waals surface area contributed by atoms with E-state index in [1.807, 2.05) is 0 Å². The summed E-state index contributed by atoms with van der Waals surface area (Å²) < 4.78 is 39.1. The Morgan fingerprint density at radius 1 is 1.35 bits per heavy atom. The molecule has 126 valence electrons. The highest BCUT2D eigenvalue weighted by molar-refractivity contribution is 7.85. The SMILES string of the molecule is C=CCOC(=O)Nc1ccc(C(=O)OCCS(=O)(=O)O)cc1C. The summed E-state index contributed by atoms with van der Waals surface area (Å²) in [6.45, 7) is 4.70. The highest BCUT2D eigenvalue weighted by atomic mass is 32.2. The number of carbonyl (C=O) groups is 2. The lowest BCUT2D eigenvalue weighted by Crippen LogP contribution is -2.16. The molecule has 0 unspecified atom stereocenters. The van der Waals surface area contributed by atoms with Gasteiger partial charge in [-0.15, -0.1) is 0 Å². The number of ether oxygens (including phenoxy) is 2. The topological polar surface area (TPSA) is 119 Å². The maximum atomic E-state index is 11.7. The van der Waals surface area contributed by atoms with Gasteiger partial charge in [-0.3, -0.25) is 9.87 Å². The number of hydrogen-bond donors (Lipinski definition) is 2. The van der Waals surface area contributed by atoms with Gasteiger partial charge in [0, 0.05) is 5.69 Å². The minimum atomic E-state index is -4.18. The first-order valence-corrected chi connectivity index (χ1v) is 8.11. The van der Waals surface area contributed by atoms with Crippen LogP contribution >= 0.6 is 0 Å². The van der Waals surface area contributed by atoms with Gasteiger partial charge in [0.15, 0.2) is 0 Å². The second-order valence-corrected chi connectivity index (χ2v) is 6.04. The van der Waals surface area contributed by atoms with Crippen molar-refractivity contribution in [3.05, 3.63) is 42.0 Å². The van der Waals surface area contributed by atoms with Crippen LogP contribution in [0, 0.1) is 6.92 Å². The van der Waals surface area contributed by atoms with E-state index < -0.39 is 34.5 Å². The number of benzene rings is 1. The van der Waals surface area contributed by atoms with Gasteiger partial charge in [-0.05, 0) is 30.7 Å². The summed E-state index contributed by atoms with van der Waals surface area (Å²) in [4.78, 5) is 23.2. The van der Waals surface area contributed by atoms with E-state index in [9.17, 15) is 18.0 Å². The average molecular weight is 343 g/mol. The maximum absolute atomic E-state index is 11.7. The highest BCUT2D eigenvalue weighted by Crippen LogP contribution is 2.17. The summed E-state index contributed by atoms with van der Waals surface area (Å²) in [5.41, 5.74) is 1.22. The van der Waals surface area contributed by atoms with E-state index in [2.05, 4.69) is 11.9 Å². The number of nitrogens with one attached hydrogen (secondary N) is 1. The van der Waals surface area contributed by atoms with Crippen molar-refractivity contribution in [2.24, 2.45) is 0 Å². The molecule has 0 aromatic heterocycles. The van der Waals surface area contributed by atoms with Crippen molar-refractivity contribution < 1.29 is 32.0 Å². The predicted octanol–water partition coefficient (Wildman–Crippen LogP) is 1.77. The van der Waals surface area contributed by atoms with Crippen molar-refractivity contribution in [1.29, 1.82) is 0 Å². The molecule has 0 aliphatic heterocycles. The van der Waals surface area contributed by atoms with Crippen LogP contribution in [0.5, 0.6) is 0 Å². The number of amides is 1. The van der Waals surface area contributed by atoms with Crippen molar-refractivity contribution in [3.63, 3.8) is 0 Å². The summed E-state index contributed by atoms with van der Waals surface area (Å²) >= 11 is 0. The number of anilines is 1. The van der Waals surface area contributed by atoms with Crippen molar-refractivity contribution >= 4 is 27.9 Å². The average Bonchev–Trinajstić information content (AvgIpc) is 2.45. The third kappa shape index (κ3) is 6.94. The van der Waals surface area contributed by atoms with Crippen molar-refractivity contribution in [2.75, 3.05) is 24.3 Å². The van der Waals surface area contributed by atoms with Gasteiger partial charge in [0.25, 0.3) is 10.1 Å². The van der Waals surface area contributed by atoms with Crippen LogP contribution in [0.15, 0.2) is 30.9 Å². The Hall–Kier alpha value is -2.39. The minimum Gasteiger partial charge on any atom is -0.461 e. The van der Waals surface area contributed by atoms with Crippen LogP contribution in [0.3, 0.4) is 0 Å². The molecule has 0 radical (unpaired) electrons. The molecule has 1 amide bonds. The van der Waals surface area contributed by atoms with Crippen molar-refractivity contribution in [3.8, 4) is 0 Å². The number of rotatable bonds is 7. The van der Waals surface area contributed by atoms with Gasteiger partial charge >= 0.3 is 12.1 Å². The van der Waals surface area contributed by atoms with E-state index in [0.29, 0.717) is 11.3 Å². The molecule has 8 nitrogen and oxygen atoms in total. The van der Waals surface area contributed by atoms with Gasteiger partial charge in [-0.2, -0.15) is 8.42 Å². The standard InChI is InChI=1S/C14H17NO7S/c1-3-6-22-14(17)15-12-5-4-11(9-10(12)2)13(16)21-7-8-23(18,19)20/h3-5,9H,1,6-8H2,2H3,(H,15,17)(H,18,19,20). The van der Waals surface area contributed by atoms with Crippen LogP contribution in [0.25, 0.3) is 0 Å². The molecule has 9 heteroatoms. The molecule has 0 atom stereocenters. The summed E-state index contributed by atoms with van der Waals surface area (Å²) in [6, 6.07) is 4.37. The van der Waals surface area contributed by atoms with E-state index in [4.69, 9.17) is 14.0 Å². The van der Waals surface area contributed by atoms with Gasteiger partial charge in [0.1, 0.15) is 19.0 Å². The molecule has 0 bridgehead atoms. The molecule has 0 heterocycles. The van der Waals surface area contributed by atoms with Crippen LogP contribution in [-0.4, -0.2) is 44.0 Å². The highest BCUT2D eigenvalue weighted by Gasteiger charge is 2.12. The van der Waals surface area contributed by atoms with E-state index in [1.54, 1.807) is 6.92 Å². The van der Waals surface area contributed by atoms with E-state index in [-0.39, 0.29) is 12.2 Å². The van der Waals surface area contributed by atoms with E-state index in [0.717, 1.165) is 0 Å². The second-order valence-electron chi connectivity index (χ2n) is 4.46. The molecule has 0 aliphatic carbocycles. The molecule has 23 heavy (non-hydrogen) atoms. The Balaban J connectivity index is 2.66. The first kappa shape index (κ1) is 18.7. The van der Waals surface area contributed by atoms with Gasteiger partial charge in [0.2, 0.25) is 0 Å². The van der Waals surface area contributed by atoms with E-state index >= 15 is 0 Å². The molecule has 0 saturated carbocycles. The Bertz CT molecular complexity index is 697. The van der Waals surface area contributed by atoms with Gasteiger partial charge < -0.3 is 9.47 Å². The fourth-order valence-corrected chi connectivity index (χ4v) is 1.83. The van der Waals surface area contributed by atoms with E-state index in [1.165, 1.54) is 24.3 Å². The first-order valence-electron chi connectivity index (χ1n) is 6.50. The number of carbonyl (C=O) groups excluding carboxylic acids is 2. The summed E-state index contributed by atoms with van der Waals surface area (Å²) in [5.74, 6) is -1.41. The lowest BCUT2D eigenvalue weighted by Gasteiger charge is -2.10. The molecule has 1 aromatic carbocycles. The van der Waals surface area contributed by atoms with Gasteiger partial charge in [0.05, 0.1) is 5.56 Å². The fraction of sp³-hybridized carbons (Fsp3) is 0.286. The molecule has 0 fully saturated rings. The Morgan fingerprint density at radius 2 is 2.04 bits per heavy atom. The first-order chi connectivity index (χ1) is 10.7. The zero-order valence-corrected chi connectivity index (χ0v) is 13.3.